The van der Waals surface area contributed by atoms with Crippen molar-refractivity contribution in [2.75, 3.05) is 0 Å². The molecule has 9 rings (SSSR count). The second kappa shape index (κ2) is 13.7. The molecule has 0 saturated carbocycles. The number of nitrogens with zero attached hydrogens (tertiary/aromatic N) is 6. The first-order chi connectivity index (χ1) is 25.7. The first-order valence-electron chi connectivity index (χ1n) is 16.3. The second-order valence-corrected chi connectivity index (χ2v) is 12.4. The Balaban J connectivity index is 1.08. The van der Waals surface area contributed by atoms with Gasteiger partial charge in [-0.1, -0.05) is 24.3 Å². The lowest BCUT2D eigenvalue weighted by molar-refractivity contribution is 0.448. The second-order valence-electron chi connectivity index (χ2n) is 11.5. The van der Waals surface area contributed by atoms with Crippen molar-refractivity contribution >= 4 is 33.1 Å². The van der Waals surface area contributed by atoms with Gasteiger partial charge in [0.15, 0.2) is 0 Å². The summed E-state index contributed by atoms with van der Waals surface area (Å²) < 4.78 is 26.6. The minimum absolute atomic E-state index is 0.492. The Kier molecular flexibility index (Phi) is 8.12. The lowest BCUT2D eigenvalue weighted by Crippen LogP contribution is -2.01. The van der Waals surface area contributed by atoms with E-state index in [1.54, 1.807) is 43.1 Å². The van der Waals surface area contributed by atoms with Gasteiger partial charge in [-0.25, -0.2) is 24.9 Å². The predicted octanol–water partition coefficient (Wildman–Crippen LogP) is 10.7. The van der Waals surface area contributed by atoms with E-state index in [-0.39, 0.29) is 0 Å². The van der Waals surface area contributed by atoms with Gasteiger partial charge in [-0.05, 0) is 60.7 Å². The van der Waals surface area contributed by atoms with E-state index < -0.39 is 0 Å². The largest absolute Gasteiger partial charge is 0.457 e. The van der Waals surface area contributed by atoms with Crippen LogP contribution in [-0.4, -0.2) is 29.5 Å². The topological polar surface area (TPSA) is 106 Å². The highest BCUT2D eigenvalue weighted by Gasteiger charge is 2.17. The van der Waals surface area contributed by atoms with E-state index in [0.717, 1.165) is 32.4 Å². The van der Waals surface area contributed by atoms with E-state index in [0.29, 0.717) is 52.2 Å². The summed E-state index contributed by atoms with van der Waals surface area (Å²) in [6, 6.07) is 37.9. The molecule has 250 valence electrons. The van der Waals surface area contributed by atoms with Crippen LogP contribution in [0.4, 0.5) is 0 Å². The Morgan fingerprint density at radius 1 is 0.442 bits per heavy atom. The number of aromatic nitrogens is 6. The van der Waals surface area contributed by atoms with E-state index in [4.69, 9.17) is 28.9 Å². The van der Waals surface area contributed by atoms with Crippen LogP contribution in [0.25, 0.3) is 38.3 Å². The first-order valence-corrected chi connectivity index (χ1v) is 17.1. The molecule has 0 radical (unpaired) electrons. The molecular weight excluding hydrogens is 673 g/mol. The van der Waals surface area contributed by atoms with Crippen LogP contribution in [0.15, 0.2) is 158 Å². The first kappa shape index (κ1) is 30.9. The summed E-state index contributed by atoms with van der Waals surface area (Å²) in [5.41, 5.74) is 2.56. The van der Waals surface area contributed by atoms with Crippen molar-refractivity contribution in [1.29, 1.82) is 0 Å². The third kappa shape index (κ3) is 6.47. The van der Waals surface area contributed by atoms with Gasteiger partial charge in [0.2, 0.25) is 17.7 Å². The third-order valence-electron chi connectivity index (χ3n) is 8.03. The van der Waals surface area contributed by atoms with Gasteiger partial charge in [0.25, 0.3) is 0 Å². The molecule has 0 fully saturated rings. The normalized spacial score (nSPS) is 11.1. The SMILES string of the molecule is c1ccc(Oc2cccc(Oc3ccc4c5ccc(Oc6cccc(Oc7ccccn7)c6)cc5n(-c5ncc(-c6nccs6)cn5)c4c3)c2)nc1. The summed E-state index contributed by atoms with van der Waals surface area (Å²) >= 11 is 1.54. The van der Waals surface area contributed by atoms with Crippen molar-refractivity contribution in [3.8, 4) is 62.8 Å². The van der Waals surface area contributed by atoms with Gasteiger partial charge in [-0.2, -0.15) is 0 Å². The number of benzene rings is 4. The Morgan fingerprint density at radius 2 is 0.962 bits per heavy atom. The average Bonchev–Trinajstić information content (AvgIpc) is 3.83. The summed E-state index contributed by atoms with van der Waals surface area (Å²) in [6.45, 7) is 0. The highest BCUT2D eigenvalue weighted by atomic mass is 32.1. The fraction of sp³-hybridized carbons (Fsp3) is 0. The maximum atomic E-state index is 6.37. The third-order valence-corrected chi connectivity index (χ3v) is 8.85. The van der Waals surface area contributed by atoms with Crippen molar-refractivity contribution < 1.29 is 18.9 Å². The molecule has 0 aliphatic heterocycles. The number of ether oxygens (including phenoxy) is 4. The number of fused-ring (bicyclic) bond motifs is 3. The maximum Gasteiger partial charge on any atom is 0.234 e. The molecule has 0 unspecified atom stereocenters. The lowest BCUT2D eigenvalue weighted by atomic mass is 10.1. The lowest BCUT2D eigenvalue weighted by Gasteiger charge is -2.11. The Labute approximate surface area is 301 Å². The molecule has 9 aromatic rings. The molecule has 0 atom stereocenters. The molecule has 0 amide bonds. The number of hydrogen-bond acceptors (Lipinski definition) is 10. The zero-order chi connectivity index (χ0) is 34.7. The molecule has 0 spiro atoms. The number of rotatable bonds is 10. The average molecular weight is 699 g/mol. The summed E-state index contributed by atoms with van der Waals surface area (Å²) in [5, 5.41) is 4.78. The Bertz CT molecular complexity index is 2490. The van der Waals surface area contributed by atoms with E-state index in [9.17, 15) is 0 Å². The van der Waals surface area contributed by atoms with E-state index >= 15 is 0 Å². The van der Waals surface area contributed by atoms with Crippen LogP contribution >= 0.6 is 11.3 Å². The van der Waals surface area contributed by atoms with Crippen molar-refractivity contribution in [2.24, 2.45) is 0 Å². The van der Waals surface area contributed by atoms with E-state index in [2.05, 4.69) is 15.0 Å². The van der Waals surface area contributed by atoms with E-state index in [1.807, 2.05) is 119 Å². The van der Waals surface area contributed by atoms with Gasteiger partial charge in [0.1, 0.15) is 39.5 Å². The van der Waals surface area contributed by atoms with Gasteiger partial charge in [0.05, 0.1) is 11.0 Å². The van der Waals surface area contributed by atoms with Crippen LogP contribution in [0.5, 0.6) is 46.3 Å². The van der Waals surface area contributed by atoms with Crippen LogP contribution in [0.2, 0.25) is 0 Å². The predicted molar refractivity (Wildman–Crippen MR) is 199 cm³/mol. The molecule has 52 heavy (non-hydrogen) atoms. The molecule has 0 aliphatic carbocycles. The van der Waals surface area contributed by atoms with Gasteiger partial charge in [-0.15, -0.1) is 11.3 Å². The van der Waals surface area contributed by atoms with Gasteiger partial charge >= 0.3 is 0 Å². The van der Waals surface area contributed by atoms with Crippen molar-refractivity contribution in [1.82, 2.24) is 29.5 Å². The van der Waals surface area contributed by atoms with Crippen LogP contribution in [0, 0.1) is 0 Å². The number of pyridine rings is 2. The molecule has 5 heterocycles. The Hall–Kier alpha value is -7.11. The maximum absolute atomic E-state index is 6.37. The molecule has 5 aromatic heterocycles. The van der Waals surface area contributed by atoms with Crippen molar-refractivity contribution in [3.63, 3.8) is 0 Å². The molecule has 11 heteroatoms. The minimum atomic E-state index is 0.492. The molecule has 0 saturated heterocycles. The fourth-order valence-corrected chi connectivity index (χ4v) is 6.38. The smallest absolute Gasteiger partial charge is 0.234 e. The van der Waals surface area contributed by atoms with Crippen molar-refractivity contribution in [3.05, 3.63) is 158 Å². The molecule has 0 aliphatic rings. The van der Waals surface area contributed by atoms with Crippen molar-refractivity contribution in [2.45, 2.75) is 0 Å². The zero-order valence-electron chi connectivity index (χ0n) is 27.2. The zero-order valence-corrected chi connectivity index (χ0v) is 28.1. The minimum Gasteiger partial charge on any atom is -0.457 e. The number of hydrogen-bond donors (Lipinski definition) is 0. The Morgan fingerprint density at radius 3 is 1.44 bits per heavy atom. The van der Waals surface area contributed by atoms with Crippen LogP contribution in [-0.2, 0) is 0 Å². The molecule has 0 bridgehead atoms. The van der Waals surface area contributed by atoms with Gasteiger partial charge < -0.3 is 18.9 Å². The fourth-order valence-electron chi connectivity index (χ4n) is 5.76. The van der Waals surface area contributed by atoms with Crippen LogP contribution in [0.3, 0.4) is 0 Å². The molecule has 0 N–H and O–H groups in total. The van der Waals surface area contributed by atoms with Crippen LogP contribution in [0.1, 0.15) is 0 Å². The highest BCUT2D eigenvalue weighted by molar-refractivity contribution is 7.13. The molecular formula is C41H26N6O4S. The molecule has 10 nitrogen and oxygen atoms in total. The van der Waals surface area contributed by atoms with Crippen LogP contribution < -0.4 is 18.9 Å². The summed E-state index contributed by atoms with van der Waals surface area (Å²) in [6.07, 6.45) is 8.73. The van der Waals surface area contributed by atoms with E-state index in [1.165, 1.54) is 11.3 Å². The summed E-state index contributed by atoms with van der Waals surface area (Å²) in [7, 11) is 0. The molecule has 4 aromatic carbocycles. The van der Waals surface area contributed by atoms with Gasteiger partial charge in [0, 0.05) is 89.1 Å². The standard InChI is InChI=1S/C41H26N6O4S/c1-3-17-42-38(11-1)50-30-9-5-7-28(21-30)48-32-13-15-34-35-16-14-33(49-29-8-6-10-31(22-29)51-39-12-2-4-18-43-39)24-37(35)47(36(34)23-32)41-45-25-27(26-46-41)40-44-19-20-52-40/h1-26H. The number of thiazole rings is 1. The van der Waals surface area contributed by atoms with Gasteiger partial charge in [-0.3, -0.25) is 4.57 Å². The summed E-state index contributed by atoms with van der Waals surface area (Å²) in [5.74, 6) is 5.21. The monoisotopic (exact) mass is 698 g/mol. The summed E-state index contributed by atoms with van der Waals surface area (Å²) in [4.78, 5) is 22.5. The quantitative estimate of drug-likeness (QED) is 0.138. The highest BCUT2D eigenvalue weighted by Crippen LogP contribution is 2.38.